The maximum atomic E-state index is 13.3. The molecule has 0 spiro atoms. The highest BCUT2D eigenvalue weighted by atomic mass is 35.5. The van der Waals surface area contributed by atoms with Crippen molar-refractivity contribution in [3.8, 4) is 5.75 Å². The number of rotatable bonds is 2. The highest BCUT2D eigenvalue weighted by molar-refractivity contribution is 6.24. The quantitative estimate of drug-likeness (QED) is 0.707. The minimum atomic E-state index is -0.549. The summed E-state index contributed by atoms with van der Waals surface area (Å²) in [6.07, 6.45) is 0. The lowest BCUT2D eigenvalue weighted by atomic mass is 9.96. The van der Waals surface area contributed by atoms with Gasteiger partial charge >= 0.3 is 0 Å². The van der Waals surface area contributed by atoms with Gasteiger partial charge in [-0.3, -0.25) is 0 Å². The van der Waals surface area contributed by atoms with E-state index in [2.05, 4.69) is 0 Å². The number of hydrogen-bond acceptors (Lipinski definition) is 2. The Bertz CT molecular complexity index is 350. The van der Waals surface area contributed by atoms with Crippen molar-refractivity contribution in [3.63, 3.8) is 0 Å². The number of halogens is 2. The third kappa shape index (κ3) is 1.47. The Balaban J connectivity index is 2.32. The van der Waals surface area contributed by atoms with E-state index in [1.165, 1.54) is 13.2 Å². The van der Waals surface area contributed by atoms with Crippen molar-refractivity contribution >= 4 is 11.6 Å². The summed E-state index contributed by atoms with van der Waals surface area (Å²) in [5.41, 5.74) is 0.740. The summed E-state index contributed by atoms with van der Waals surface area (Å²) in [6.45, 7) is 0.862. The van der Waals surface area contributed by atoms with Crippen LogP contribution in [0.25, 0.3) is 0 Å². The zero-order valence-corrected chi connectivity index (χ0v) is 8.47. The fraction of sp³-hybridized carbons (Fsp3) is 0.400. The van der Waals surface area contributed by atoms with E-state index in [4.69, 9.17) is 21.1 Å². The summed E-state index contributed by atoms with van der Waals surface area (Å²) in [4.78, 5) is -0.549. The van der Waals surface area contributed by atoms with E-state index in [0.717, 1.165) is 5.56 Å². The van der Waals surface area contributed by atoms with Crippen LogP contribution in [0.3, 0.4) is 0 Å². The fourth-order valence-corrected chi connectivity index (χ4v) is 1.66. The van der Waals surface area contributed by atoms with Crippen molar-refractivity contribution in [2.45, 2.75) is 4.87 Å². The predicted molar refractivity (Wildman–Crippen MR) is 51.3 cm³/mol. The molecule has 1 fully saturated rings. The van der Waals surface area contributed by atoms with Crippen LogP contribution >= 0.6 is 11.6 Å². The molecule has 0 N–H and O–H groups in total. The summed E-state index contributed by atoms with van der Waals surface area (Å²) in [5.74, 6) is -0.161. The lowest BCUT2D eigenvalue weighted by molar-refractivity contribution is -0.0153. The molecule has 0 amide bonds. The van der Waals surface area contributed by atoms with E-state index in [9.17, 15) is 4.39 Å². The Morgan fingerprint density at radius 1 is 1.50 bits per heavy atom. The molecule has 1 aliphatic heterocycles. The van der Waals surface area contributed by atoms with Gasteiger partial charge in [-0.25, -0.2) is 4.39 Å². The molecule has 0 aromatic heterocycles. The molecule has 1 aromatic rings. The first-order valence-corrected chi connectivity index (χ1v) is 4.64. The second-order valence-corrected chi connectivity index (χ2v) is 4.03. The van der Waals surface area contributed by atoms with Gasteiger partial charge in [0.1, 0.15) is 4.87 Å². The molecule has 0 aliphatic carbocycles. The van der Waals surface area contributed by atoms with Crippen LogP contribution in [0.15, 0.2) is 18.2 Å². The van der Waals surface area contributed by atoms with Crippen LogP contribution in [0.4, 0.5) is 4.39 Å². The maximum absolute atomic E-state index is 13.3. The summed E-state index contributed by atoms with van der Waals surface area (Å²) >= 11 is 6.17. The molecule has 1 saturated heterocycles. The Morgan fingerprint density at radius 3 is 2.64 bits per heavy atom. The van der Waals surface area contributed by atoms with Crippen molar-refractivity contribution in [1.82, 2.24) is 0 Å². The number of ether oxygens (including phenoxy) is 2. The second-order valence-electron chi connectivity index (χ2n) is 3.31. The lowest BCUT2D eigenvalue weighted by Gasteiger charge is -2.35. The first-order valence-electron chi connectivity index (χ1n) is 4.26. The molecule has 1 heterocycles. The van der Waals surface area contributed by atoms with Crippen molar-refractivity contribution < 1.29 is 13.9 Å². The maximum Gasteiger partial charge on any atom is 0.165 e. The third-order valence-corrected chi connectivity index (χ3v) is 2.77. The van der Waals surface area contributed by atoms with Gasteiger partial charge in [0.2, 0.25) is 0 Å². The van der Waals surface area contributed by atoms with E-state index in [1.54, 1.807) is 12.1 Å². The minimum Gasteiger partial charge on any atom is -0.494 e. The molecule has 4 heteroatoms. The number of hydrogen-bond donors (Lipinski definition) is 0. The molecule has 2 rings (SSSR count). The van der Waals surface area contributed by atoms with Crippen molar-refractivity contribution in [3.05, 3.63) is 29.6 Å². The van der Waals surface area contributed by atoms with Gasteiger partial charge in [0.05, 0.1) is 20.3 Å². The van der Waals surface area contributed by atoms with Gasteiger partial charge < -0.3 is 9.47 Å². The monoisotopic (exact) mass is 216 g/mol. The largest absolute Gasteiger partial charge is 0.494 e. The second kappa shape index (κ2) is 3.41. The number of benzene rings is 1. The van der Waals surface area contributed by atoms with E-state index in [0.29, 0.717) is 13.2 Å². The average molecular weight is 217 g/mol. The molecule has 1 aromatic carbocycles. The molecular weight excluding hydrogens is 207 g/mol. The van der Waals surface area contributed by atoms with E-state index < -0.39 is 10.7 Å². The summed E-state index contributed by atoms with van der Waals surface area (Å²) < 4.78 is 23.1. The van der Waals surface area contributed by atoms with Crippen LogP contribution in [0.5, 0.6) is 5.75 Å². The Morgan fingerprint density at radius 2 is 2.21 bits per heavy atom. The van der Waals surface area contributed by atoms with Crippen LogP contribution in [-0.2, 0) is 9.61 Å². The summed E-state index contributed by atoms with van der Waals surface area (Å²) in [6, 6.07) is 4.74. The van der Waals surface area contributed by atoms with Gasteiger partial charge in [-0.1, -0.05) is 6.07 Å². The van der Waals surface area contributed by atoms with Crippen molar-refractivity contribution in [2.75, 3.05) is 20.3 Å². The molecule has 2 nitrogen and oxygen atoms in total. The van der Waals surface area contributed by atoms with E-state index in [1.807, 2.05) is 0 Å². The zero-order chi connectivity index (χ0) is 10.2. The van der Waals surface area contributed by atoms with Gasteiger partial charge in [-0.2, -0.15) is 0 Å². The van der Waals surface area contributed by atoms with Crippen LogP contribution < -0.4 is 4.74 Å². The van der Waals surface area contributed by atoms with Crippen LogP contribution in [-0.4, -0.2) is 20.3 Å². The normalized spacial score (nSPS) is 18.8. The molecule has 0 radical (unpaired) electrons. The van der Waals surface area contributed by atoms with Gasteiger partial charge in [0.25, 0.3) is 0 Å². The van der Waals surface area contributed by atoms with Gasteiger partial charge in [0.15, 0.2) is 11.6 Å². The zero-order valence-electron chi connectivity index (χ0n) is 7.72. The number of alkyl halides is 1. The summed E-state index contributed by atoms with van der Waals surface area (Å²) in [5, 5.41) is 0. The molecule has 0 unspecified atom stereocenters. The highest BCUT2D eigenvalue weighted by Gasteiger charge is 2.38. The molecule has 76 valence electrons. The molecular formula is C10H10ClFO2. The molecule has 14 heavy (non-hydrogen) atoms. The van der Waals surface area contributed by atoms with Gasteiger partial charge in [-0.05, 0) is 17.7 Å². The van der Waals surface area contributed by atoms with Crippen molar-refractivity contribution in [2.24, 2.45) is 0 Å². The third-order valence-electron chi connectivity index (χ3n) is 2.33. The highest BCUT2D eigenvalue weighted by Crippen LogP contribution is 2.37. The van der Waals surface area contributed by atoms with Gasteiger partial charge in [-0.15, -0.1) is 11.6 Å². The van der Waals surface area contributed by atoms with Gasteiger partial charge in [0, 0.05) is 0 Å². The Kier molecular flexibility index (Phi) is 2.37. The molecule has 1 aliphatic rings. The minimum absolute atomic E-state index is 0.231. The fourth-order valence-electron chi connectivity index (χ4n) is 1.39. The van der Waals surface area contributed by atoms with Crippen LogP contribution in [0, 0.1) is 5.82 Å². The number of methoxy groups -OCH3 is 1. The molecule has 0 saturated carbocycles. The predicted octanol–water partition coefficient (Wildman–Crippen LogP) is 2.30. The van der Waals surface area contributed by atoms with Crippen LogP contribution in [0.2, 0.25) is 0 Å². The average Bonchev–Trinajstić information content (AvgIpc) is 2.14. The van der Waals surface area contributed by atoms with Crippen molar-refractivity contribution in [1.29, 1.82) is 0 Å². The first-order chi connectivity index (χ1) is 6.65. The Hall–Kier alpha value is -0.800. The Labute approximate surface area is 86.6 Å². The lowest BCUT2D eigenvalue weighted by Crippen LogP contribution is -2.41. The first kappa shape index (κ1) is 9.74. The topological polar surface area (TPSA) is 18.5 Å². The standard InChI is InChI=1S/C10H10ClFO2/c1-13-9-3-2-7(4-8(9)12)10(11)5-14-6-10/h2-4H,5-6H2,1H3. The smallest absolute Gasteiger partial charge is 0.165 e. The summed E-state index contributed by atoms with van der Waals surface area (Å²) in [7, 11) is 1.43. The molecule has 0 atom stereocenters. The molecule has 0 bridgehead atoms. The van der Waals surface area contributed by atoms with E-state index >= 15 is 0 Å². The SMILES string of the molecule is COc1ccc(C2(Cl)COC2)cc1F. The van der Waals surface area contributed by atoms with Crippen LogP contribution in [0.1, 0.15) is 5.56 Å². The van der Waals surface area contributed by atoms with E-state index in [-0.39, 0.29) is 5.75 Å².